The number of nitrogen functional groups attached to an aromatic ring is 1. The number of hydrogen-bond donors (Lipinski definition) is 1. The standard InChI is InChI=1S/C7H6N4/c8-7-10-3-5-1-2-9-4-6(5)11-7/h1-4H,(H2,8,10,11). The van der Waals surface area contributed by atoms with Gasteiger partial charge >= 0.3 is 0 Å². The van der Waals surface area contributed by atoms with Gasteiger partial charge in [-0.15, -0.1) is 0 Å². The van der Waals surface area contributed by atoms with Gasteiger partial charge in [0.25, 0.3) is 0 Å². The van der Waals surface area contributed by atoms with Gasteiger partial charge in [0, 0.05) is 17.8 Å². The molecule has 0 bridgehead atoms. The van der Waals surface area contributed by atoms with Crippen LogP contribution in [-0.2, 0) is 0 Å². The van der Waals surface area contributed by atoms with Gasteiger partial charge < -0.3 is 5.73 Å². The lowest BCUT2D eigenvalue weighted by atomic mass is 10.3. The zero-order valence-electron chi connectivity index (χ0n) is 5.73. The van der Waals surface area contributed by atoms with E-state index < -0.39 is 0 Å². The Morgan fingerprint density at radius 3 is 3.09 bits per heavy atom. The number of fused-ring (bicyclic) bond motifs is 1. The maximum Gasteiger partial charge on any atom is 0.220 e. The van der Waals surface area contributed by atoms with Crippen LogP contribution in [0.1, 0.15) is 0 Å². The van der Waals surface area contributed by atoms with Crippen LogP contribution in [0.5, 0.6) is 0 Å². The molecular weight excluding hydrogens is 140 g/mol. The summed E-state index contributed by atoms with van der Waals surface area (Å²) in [5.41, 5.74) is 6.15. The number of hydrogen-bond acceptors (Lipinski definition) is 4. The first-order valence-corrected chi connectivity index (χ1v) is 3.18. The Morgan fingerprint density at radius 2 is 2.18 bits per heavy atom. The second-order valence-corrected chi connectivity index (χ2v) is 2.16. The van der Waals surface area contributed by atoms with Crippen LogP contribution in [0.25, 0.3) is 10.9 Å². The fraction of sp³-hybridized carbons (Fsp3) is 0. The first kappa shape index (κ1) is 6.03. The van der Waals surface area contributed by atoms with Crippen LogP contribution in [0.4, 0.5) is 5.95 Å². The van der Waals surface area contributed by atoms with Crippen molar-refractivity contribution in [2.24, 2.45) is 0 Å². The molecule has 0 radical (unpaired) electrons. The van der Waals surface area contributed by atoms with Gasteiger partial charge in [0.2, 0.25) is 5.95 Å². The van der Waals surface area contributed by atoms with E-state index >= 15 is 0 Å². The van der Waals surface area contributed by atoms with Gasteiger partial charge in [-0.25, -0.2) is 9.97 Å². The molecule has 0 aliphatic rings. The highest BCUT2D eigenvalue weighted by Crippen LogP contribution is 2.07. The summed E-state index contributed by atoms with van der Waals surface area (Å²) < 4.78 is 0. The van der Waals surface area contributed by atoms with Gasteiger partial charge in [0.15, 0.2) is 0 Å². The Morgan fingerprint density at radius 1 is 1.27 bits per heavy atom. The van der Waals surface area contributed by atoms with Crippen molar-refractivity contribution in [1.29, 1.82) is 0 Å². The van der Waals surface area contributed by atoms with E-state index in [9.17, 15) is 0 Å². The first-order valence-electron chi connectivity index (χ1n) is 3.18. The zero-order valence-corrected chi connectivity index (χ0v) is 5.73. The molecule has 2 N–H and O–H groups in total. The maximum absolute atomic E-state index is 5.37. The van der Waals surface area contributed by atoms with E-state index in [1.807, 2.05) is 6.07 Å². The summed E-state index contributed by atoms with van der Waals surface area (Å²) >= 11 is 0. The minimum Gasteiger partial charge on any atom is -0.368 e. The highest BCUT2D eigenvalue weighted by Gasteiger charge is 1.93. The van der Waals surface area contributed by atoms with Crippen molar-refractivity contribution in [3.8, 4) is 0 Å². The lowest BCUT2D eigenvalue weighted by molar-refractivity contribution is 1.22. The first-order chi connectivity index (χ1) is 5.36. The number of nitrogens with two attached hydrogens (primary N) is 1. The lowest BCUT2D eigenvalue weighted by Gasteiger charge is -1.94. The summed E-state index contributed by atoms with van der Waals surface area (Å²) in [5.74, 6) is 0.283. The second-order valence-electron chi connectivity index (χ2n) is 2.16. The summed E-state index contributed by atoms with van der Waals surface area (Å²) in [6, 6.07) is 1.84. The molecule has 2 heterocycles. The van der Waals surface area contributed by atoms with E-state index in [-0.39, 0.29) is 5.95 Å². The van der Waals surface area contributed by atoms with Crippen molar-refractivity contribution >= 4 is 16.9 Å². The molecule has 0 atom stereocenters. The van der Waals surface area contributed by atoms with E-state index in [0.717, 1.165) is 10.9 Å². The van der Waals surface area contributed by atoms with E-state index in [1.165, 1.54) is 0 Å². The molecule has 0 aliphatic carbocycles. The summed E-state index contributed by atoms with van der Waals surface area (Å²) in [4.78, 5) is 11.7. The fourth-order valence-electron chi connectivity index (χ4n) is 0.887. The second kappa shape index (κ2) is 2.16. The van der Waals surface area contributed by atoms with E-state index in [1.54, 1.807) is 18.6 Å². The molecule has 2 aromatic heterocycles. The van der Waals surface area contributed by atoms with E-state index in [2.05, 4.69) is 15.0 Å². The third kappa shape index (κ3) is 0.980. The van der Waals surface area contributed by atoms with Gasteiger partial charge in [-0.3, -0.25) is 4.98 Å². The van der Waals surface area contributed by atoms with Crippen molar-refractivity contribution in [2.75, 3.05) is 5.73 Å². The molecule has 4 heteroatoms. The van der Waals surface area contributed by atoms with Crippen LogP contribution in [0, 0.1) is 0 Å². The monoisotopic (exact) mass is 146 g/mol. The van der Waals surface area contributed by atoms with Gasteiger partial charge in [-0.05, 0) is 6.07 Å². The molecule has 0 aromatic carbocycles. The van der Waals surface area contributed by atoms with Crippen molar-refractivity contribution < 1.29 is 0 Å². The van der Waals surface area contributed by atoms with Crippen LogP contribution in [0.15, 0.2) is 24.7 Å². The highest BCUT2D eigenvalue weighted by atomic mass is 15.0. The summed E-state index contributed by atoms with van der Waals surface area (Å²) in [6.07, 6.45) is 5.04. The van der Waals surface area contributed by atoms with Gasteiger partial charge in [-0.2, -0.15) is 0 Å². The Hall–Kier alpha value is -1.71. The van der Waals surface area contributed by atoms with Crippen LogP contribution in [0.2, 0.25) is 0 Å². The molecule has 0 saturated carbocycles. The largest absolute Gasteiger partial charge is 0.368 e. The van der Waals surface area contributed by atoms with Gasteiger partial charge in [0.05, 0.1) is 11.7 Å². The number of pyridine rings is 1. The molecular formula is C7H6N4. The number of rotatable bonds is 0. The molecule has 2 rings (SSSR count). The lowest BCUT2D eigenvalue weighted by Crippen LogP contribution is -1.93. The molecule has 54 valence electrons. The van der Waals surface area contributed by atoms with Crippen molar-refractivity contribution in [1.82, 2.24) is 15.0 Å². The normalized spacial score (nSPS) is 10.2. The average molecular weight is 146 g/mol. The average Bonchev–Trinajstić information content (AvgIpc) is 2.04. The molecule has 0 unspecified atom stereocenters. The predicted molar refractivity (Wildman–Crippen MR) is 41.7 cm³/mol. The number of nitrogens with zero attached hydrogens (tertiary/aromatic N) is 3. The topological polar surface area (TPSA) is 64.7 Å². The smallest absolute Gasteiger partial charge is 0.220 e. The molecule has 0 spiro atoms. The van der Waals surface area contributed by atoms with E-state index in [0.29, 0.717) is 0 Å². The molecule has 0 amide bonds. The summed E-state index contributed by atoms with van der Waals surface area (Å²) in [7, 11) is 0. The molecule has 4 nitrogen and oxygen atoms in total. The summed E-state index contributed by atoms with van der Waals surface area (Å²) in [6.45, 7) is 0. The van der Waals surface area contributed by atoms with Gasteiger partial charge in [0.1, 0.15) is 0 Å². The fourth-order valence-corrected chi connectivity index (χ4v) is 0.887. The van der Waals surface area contributed by atoms with Crippen LogP contribution in [-0.4, -0.2) is 15.0 Å². The van der Waals surface area contributed by atoms with Crippen LogP contribution < -0.4 is 5.73 Å². The Bertz CT molecular complexity index is 385. The predicted octanol–water partition coefficient (Wildman–Crippen LogP) is 0.607. The third-order valence-corrected chi connectivity index (χ3v) is 1.40. The summed E-state index contributed by atoms with van der Waals surface area (Å²) in [5, 5.41) is 0.953. The maximum atomic E-state index is 5.37. The molecule has 0 fully saturated rings. The van der Waals surface area contributed by atoms with E-state index in [4.69, 9.17) is 5.73 Å². The van der Waals surface area contributed by atoms with Crippen LogP contribution in [0.3, 0.4) is 0 Å². The van der Waals surface area contributed by atoms with Crippen molar-refractivity contribution in [3.63, 3.8) is 0 Å². The molecule has 0 aliphatic heterocycles. The molecule has 0 saturated heterocycles. The molecule has 2 aromatic rings. The number of anilines is 1. The zero-order chi connectivity index (χ0) is 7.68. The van der Waals surface area contributed by atoms with Crippen LogP contribution >= 0.6 is 0 Å². The number of aromatic nitrogens is 3. The minimum absolute atomic E-state index is 0.283. The highest BCUT2D eigenvalue weighted by molar-refractivity contribution is 5.76. The van der Waals surface area contributed by atoms with Crippen molar-refractivity contribution in [2.45, 2.75) is 0 Å². The van der Waals surface area contributed by atoms with Crippen molar-refractivity contribution in [3.05, 3.63) is 24.7 Å². The van der Waals surface area contributed by atoms with Gasteiger partial charge in [-0.1, -0.05) is 0 Å². The minimum atomic E-state index is 0.283. The quantitative estimate of drug-likeness (QED) is 0.591. The Balaban J connectivity index is 2.83. The Labute approximate surface area is 63.1 Å². The SMILES string of the molecule is Nc1ncc2ccncc2n1. The third-order valence-electron chi connectivity index (χ3n) is 1.40. The Kier molecular flexibility index (Phi) is 1.18. The molecule has 11 heavy (non-hydrogen) atoms.